The molecule has 4 heterocycles. The van der Waals surface area contributed by atoms with Gasteiger partial charge in [-0.15, -0.1) is 0 Å². The largest absolute Gasteiger partial charge is 0.493 e. The molecule has 0 radical (unpaired) electrons. The number of hydrogen-bond acceptors (Lipinski definition) is 7. The summed E-state index contributed by atoms with van der Waals surface area (Å²) in [5, 5.41) is 8.52. The molecule has 4 aromatic rings. The quantitative estimate of drug-likeness (QED) is 0.360. The van der Waals surface area contributed by atoms with Crippen molar-refractivity contribution in [3.63, 3.8) is 0 Å². The highest BCUT2D eigenvalue weighted by atomic mass is 16.5. The van der Waals surface area contributed by atoms with Crippen molar-refractivity contribution in [1.82, 2.24) is 29.9 Å². The average Bonchev–Trinajstić information content (AvgIpc) is 3.66. The minimum atomic E-state index is -0.466. The van der Waals surface area contributed by atoms with Crippen molar-refractivity contribution in [2.45, 2.75) is 39.2 Å². The average molecular weight is 625 g/mol. The fourth-order valence-electron chi connectivity index (χ4n) is 6.46. The molecule has 46 heavy (non-hydrogen) atoms. The van der Waals surface area contributed by atoms with Gasteiger partial charge in [0, 0.05) is 56.1 Å². The number of likely N-dealkylation sites (tertiary alicyclic amines) is 1. The van der Waals surface area contributed by atoms with Gasteiger partial charge in [-0.25, -0.2) is 4.98 Å². The molecular weight excluding hydrogens is 584 g/mol. The minimum absolute atomic E-state index is 0.00241. The van der Waals surface area contributed by atoms with Crippen LogP contribution in [0.3, 0.4) is 0 Å². The minimum Gasteiger partial charge on any atom is -0.493 e. The van der Waals surface area contributed by atoms with Crippen LogP contribution in [0.25, 0.3) is 10.9 Å². The molecule has 0 unspecified atom stereocenters. The van der Waals surface area contributed by atoms with Crippen LogP contribution in [0.15, 0.2) is 60.7 Å². The second kappa shape index (κ2) is 13.6. The Kier molecular flexibility index (Phi) is 9.18. The van der Waals surface area contributed by atoms with Crippen LogP contribution in [0, 0.1) is 19.8 Å². The molecule has 11 nitrogen and oxygen atoms in total. The van der Waals surface area contributed by atoms with Crippen LogP contribution in [0.2, 0.25) is 0 Å². The third-order valence-electron chi connectivity index (χ3n) is 8.89. The first-order chi connectivity index (χ1) is 22.3. The van der Waals surface area contributed by atoms with Crippen molar-refractivity contribution in [2.24, 2.45) is 5.92 Å². The number of fused-ring (bicyclic) bond motifs is 5. The number of pyridine rings is 1. The molecule has 240 valence electrons. The molecule has 0 saturated carbocycles. The lowest BCUT2D eigenvalue weighted by molar-refractivity contribution is -0.132. The molecule has 0 spiro atoms. The van der Waals surface area contributed by atoms with E-state index in [1.54, 1.807) is 23.0 Å². The molecule has 2 atom stereocenters. The number of hydrogen-bond donors (Lipinski definition) is 1. The van der Waals surface area contributed by atoms with E-state index in [0.29, 0.717) is 62.8 Å². The molecule has 1 saturated heterocycles. The molecule has 1 N–H and O–H groups in total. The first-order valence-corrected chi connectivity index (χ1v) is 15.8. The van der Waals surface area contributed by atoms with Gasteiger partial charge >= 0.3 is 0 Å². The summed E-state index contributed by atoms with van der Waals surface area (Å²) in [6.45, 7) is 6.62. The first-order valence-electron chi connectivity index (χ1n) is 15.8. The summed E-state index contributed by atoms with van der Waals surface area (Å²) in [5.74, 6) is 0.0635. The van der Waals surface area contributed by atoms with E-state index in [9.17, 15) is 14.4 Å². The Bertz CT molecular complexity index is 1750. The Morgan fingerprint density at radius 3 is 2.63 bits per heavy atom. The van der Waals surface area contributed by atoms with E-state index >= 15 is 0 Å². The molecule has 2 aliphatic heterocycles. The van der Waals surface area contributed by atoms with Crippen molar-refractivity contribution in [2.75, 3.05) is 46.4 Å². The maximum absolute atomic E-state index is 13.7. The van der Waals surface area contributed by atoms with Crippen LogP contribution in [0.5, 0.6) is 11.5 Å². The third kappa shape index (κ3) is 6.68. The Hall–Kier alpha value is -4.93. The Balaban J connectivity index is 1.20. The van der Waals surface area contributed by atoms with Gasteiger partial charge in [0.05, 0.1) is 30.8 Å². The van der Waals surface area contributed by atoms with E-state index in [4.69, 9.17) is 9.47 Å². The highest BCUT2D eigenvalue weighted by Crippen LogP contribution is 2.38. The zero-order valence-corrected chi connectivity index (χ0v) is 26.6. The van der Waals surface area contributed by atoms with Gasteiger partial charge in [-0.2, -0.15) is 5.10 Å². The lowest BCUT2D eigenvalue weighted by Gasteiger charge is -2.25. The van der Waals surface area contributed by atoms with Gasteiger partial charge in [0.15, 0.2) is 11.5 Å². The van der Waals surface area contributed by atoms with Gasteiger partial charge in [0.2, 0.25) is 11.8 Å². The van der Waals surface area contributed by atoms with Gasteiger partial charge in [-0.1, -0.05) is 30.3 Å². The van der Waals surface area contributed by atoms with E-state index in [2.05, 4.69) is 15.4 Å². The summed E-state index contributed by atoms with van der Waals surface area (Å²) in [5.41, 5.74) is 3.92. The van der Waals surface area contributed by atoms with Crippen LogP contribution < -0.4 is 14.8 Å². The smallest absolute Gasteiger partial charge is 0.272 e. The molecule has 11 heteroatoms. The normalized spacial score (nSPS) is 18.8. The van der Waals surface area contributed by atoms with Crippen LogP contribution in [-0.4, -0.2) is 88.7 Å². The van der Waals surface area contributed by atoms with Crippen molar-refractivity contribution in [3.05, 3.63) is 83.3 Å². The third-order valence-corrected chi connectivity index (χ3v) is 8.89. The first kappa shape index (κ1) is 31.1. The van der Waals surface area contributed by atoms with Crippen molar-refractivity contribution >= 4 is 28.6 Å². The van der Waals surface area contributed by atoms with Crippen LogP contribution in [0.4, 0.5) is 0 Å². The molecule has 1 fully saturated rings. The number of aromatic nitrogens is 3. The number of benzene rings is 2. The number of nitrogens with zero attached hydrogens (tertiary/aromatic N) is 5. The highest BCUT2D eigenvalue weighted by molar-refractivity contribution is 5.96. The summed E-state index contributed by atoms with van der Waals surface area (Å²) in [4.78, 5) is 48.8. The number of methoxy groups -OCH3 is 1. The van der Waals surface area contributed by atoms with Gasteiger partial charge in [0.1, 0.15) is 12.3 Å². The zero-order valence-electron chi connectivity index (χ0n) is 26.6. The van der Waals surface area contributed by atoms with Gasteiger partial charge in [-0.05, 0) is 56.2 Å². The Labute approximate surface area is 268 Å². The molecule has 0 aliphatic carbocycles. The number of ether oxygens (including phenoxy) is 2. The van der Waals surface area contributed by atoms with Crippen LogP contribution >= 0.6 is 0 Å². The number of carbonyl (C=O) groups excluding carboxylic acids is 3. The fourth-order valence-corrected chi connectivity index (χ4v) is 6.46. The summed E-state index contributed by atoms with van der Waals surface area (Å²) in [6, 6.07) is 19.0. The molecule has 2 aromatic heterocycles. The monoisotopic (exact) mass is 624 g/mol. The summed E-state index contributed by atoms with van der Waals surface area (Å²) >= 11 is 0. The standard InChI is InChI=1S/C35H40N6O5/c1-23-19-24(2)41(38-23)16-13-33(42)39-15-6-14-36-34(43)28-22-40(35(44)30-11-9-25-7-4-5-8-29(25)37-30)21-27(28)26-10-12-31(45-3)32(20-26)46-18-17-39/h4-5,7-12,19-20,27-28H,6,13-18,21-22H2,1-3H3,(H,36,43)/t27-,28+/m1/s1. The molecular formula is C35H40N6O5. The van der Waals surface area contributed by atoms with Crippen LogP contribution in [-0.2, 0) is 16.1 Å². The summed E-state index contributed by atoms with van der Waals surface area (Å²) in [7, 11) is 1.58. The highest BCUT2D eigenvalue weighted by Gasteiger charge is 2.41. The fraction of sp³-hybridized carbons (Fsp3) is 0.400. The number of amides is 3. The van der Waals surface area contributed by atoms with Crippen molar-refractivity contribution in [1.29, 1.82) is 0 Å². The zero-order chi connectivity index (χ0) is 32.2. The Morgan fingerprint density at radius 2 is 1.83 bits per heavy atom. The molecule has 2 aliphatic rings. The van der Waals surface area contributed by atoms with Gasteiger partial charge < -0.3 is 24.6 Å². The second-order valence-electron chi connectivity index (χ2n) is 12.0. The molecule has 6 rings (SSSR count). The van der Waals surface area contributed by atoms with E-state index in [0.717, 1.165) is 27.9 Å². The van der Waals surface area contributed by atoms with Crippen LogP contribution in [0.1, 0.15) is 46.2 Å². The number of carbonyl (C=O) groups is 3. The molecule has 2 bridgehead atoms. The lowest BCUT2D eigenvalue weighted by atomic mass is 9.88. The molecule has 3 amide bonds. The van der Waals surface area contributed by atoms with Crippen molar-refractivity contribution < 1.29 is 23.9 Å². The van der Waals surface area contributed by atoms with E-state index in [-0.39, 0.29) is 36.8 Å². The maximum Gasteiger partial charge on any atom is 0.272 e. The van der Waals surface area contributed by atoms with Crippen molar-refractivity contribution in [3.8, 4) is 11.5 Å². The summed E-state index contributed by atoms with van der Waals surface area (Å²) in [6.07, 6.45) is 0.903. The van der Waals surface area contributed by atoms with Gasteiger partial charge in [-0.3, -0.25) is 19.1 Å². The predicted molar refractivity (Wildman–Crippen MR) is 173 cm³/mol. The van der Waals surface area contributed by atoms with Gasteiger partial charge in [0.25, 0.3) is 5.91 Å². The Morgan fingerprint density at radius 1 is 1.00 bits per heavy atom. The number of nitrogens with one attached hydrogen (secondary N) is 1. The SMILES string of the molecule is COc1ccc2cc1OCCN(C(=O)CCn1nc(C)cc1C)CCCNC(=O)[C@H]1CN(C(=O)c3ccc4ccccc4n3)C[C@H]21. The molecule has 2 aromatic carbocycles. The number of rotatable bonds is 5. The lowest BCUT2D eigenvalue weighted by Crippen LogP contribution is -2.39. The number of aryl methyl sites for hydroxylation is 3. The van der Waals surface area contributed by atoms with E-state index in [1.807, 2.05) is 73.1 Å². The topological polar surface area (TPSA) is 119 Å². The predicted octanol–water partition coefficient (Wildman–Crippen LogP) is 3.73. The second-order valence-corrected chi connectivity index (χ2v) is 12.0. The summed E-state index contributed by atoms with van der Waals surface area (Å²) < 4.78 is 13.7. The van der Waals surface area contributed by atoms with E-state index < -0.39 is 5.92 Å². The van der Waals surface area contributed by atoms with E-state index in [1.165, 1.54) is 0 Å². The maximum atomic E-state index is 13.7. The number of para-hydroxylation sites is 1.